The summed E-state index contributed by atoms with van der Waals surface area (Å²) in [6.07, 6.45) is 0.118. The molecule has 0 saturated carbocycles. The lowest BCUT2D eigenvalue weighted by Gasteiger charge is -2.25. The molecule has 0 atom stereocenters. The molecule has 142 valence electrons. The summed E-state index contributed by atoms with van der Waals surface area (Å²) in [5.41, 5.74) is 7.03. The van der Waals surface area contributed by atoms with Gasteiger partial charge in [0.1, 0.15) is 0 Å². The van der Waals surface area contributed by atoms with Gasteiger partial charge in [0.15, 0.2) is 11.5 Å². The van der Waals surface area contributed by atoms with Crippen molar-refractivity contribution in [1.82, 2.24) is 4.90 Å². The van der Waals surface area contributed by atoms with Crippen LogP contribution in [-0.2, 0) is 16.1 Å². The molecular weight excluding hydrogens is 346 g/mol. The highest BCUT2D eigenvalue weighted by Crippen LogP contribution is 2.32. The van der Waals surface area contributed by atoms with Gasteiger partial charge in [-0.3, -0.25) is 14.5 Å². The van der Waals surface area contributed by atoms with Gasteiger partial charge in [0.2, 0.25) is 18.6 Å². The molecule has 2 N–H and O–H groups in total. The maximum absolute atomic E-state index is 12.8. The second-order valence-electron chi connectivity index (χ2n) is 6.46. The molecule has 0 unspecified atom stereocenters. The van der Waals surface area contributed by atoms with E-state index in [-0.39, 0.29) is 32.2 Å². The van der Waals surface area contributed by atoms with Gasteiger partial charge in [-0.15, -0.1) is 0 Å². The molecular formula is C20H23N3O4. The van der Waals surface area contributed by atoms with E-state index in [0.29, 0.717) is 6.54 Å². The summed E-state index contributed by atoms with van der Waals surface area (Å²) in [7, 11) is 1.87. The zero-order valence-electron chi connectivity index (χ0n) is 15.3. The number of amides is 2. The third-order valence-corrected chi connectivity index (χ3v) is 4.25. The summed E-state index contributed by atoms with van der Waals surface area (Å²) >= 11 is 0. The van der Waals surface area contributed by atoms with E-state index in [1.54, 1.807) is 4.90 Å². The van der Waals surface area contributed by atoms with E-state index in [1.165, 1.54) is 0 Å². The molecule has 2 amide bonds. The first-order chi connectivity index (χ1) is 13.0. The number of rotatable bonds is 8. The van der Waals surface area contributed by atoms with Crippen LogP contribution < -0.4 is 20.1 Å². The number of benzene rings is 2. The van der Waals surface area contributed by atoms with Crippen molar-refractivity contribution in [2.45, 2.75) is 13.0 Å². The van der Waals surface area contributed by atoms with Crippen molar-refractivity contribution >= 4 is 17.5 Å². The van der Waals surface area contributed by atoms with Crippen molar-refractivity contribution in [3.8, 4) is 11.5 Å². The number of para-hydroxylation sites is 1. The molecule has 7 heteroatoms. The standard InChI is InChI=1S/C20H23N3O4/c1-22(12-15-7-8-17-18(11-15)27-14-26-17)13-20(25)23(10-9-19(21)24)16-5-3-2-4-6-16/h2-8,11H,9-10,12-14H2,1H3,(H2,21,24). The zero-order chi connectivity index (χ0) is 19.2. The Morgan fingerprint density at radius 2 is 1.81 bits per heavy atom. The first kappa shape index (κ1) is 18.7. The minimum absolute atomic E-state index is 0.0920. The van der Waals surface area contributed by atoms with Crippen molar-refractivity contribution in [3.05, 3.63) is 54.1 Å². The van der Waals surface area contributed by atoms with Gasteiger partial charge in [0.05, 0.1) is 6.54 Å². The van der Waals surface area contributed by atoms with E-state index in [9.17, 15) is 9.59 Å². The number of nitrogens with zero attached hydrogens (tertiary/aromatic N) is 2. The molecule has 0 aliphatic carbocycles. The lowest BCUT2D eigenvalue weighted by Crippen LogP contribution is -2.40. The predicted molar refractivity (Wildman–Crippen MR) is 102 cm³/mol. The number of carbonyl (C=O) groups excluding carboxylic acids is 2. The quantitative estimate of drug-likeness (QED) is 0.766. The molecule has 1 aliphatic rings. The molecule has 0 aromatic heterocycles. The first-order valence-corrected chi connectivity index (χ1v) is 8.74. The fourth-order valence-electron chi connectivity index (χ4n) is 2.95. The lowest BCUT2D eigenvalue weighted by atomic mass is 10.2. The molecule has 0 spiro atoms. The monoisotopic (exact) mass is 369 g/mol. The van der Waals surface area contributed by atoms with Gasteiger partial charge in [-0.2, -0.15) is 0 Å². The number of carbonyl (C=O) groups is 2. The molecule has 2 aromatic carbocycles. The maximum Gasteiger partial charge on any atom is 0.241 e. The van der Waals surface area contributed by atoms with Crippen LogP contribution in [0.3, 0.4) is 0 Å². The van der Waals surface area contributed by atoms with Crippen LogP contribution in [-0.4, -0.2) is 43.6 Å². The number of hydrogen-bond acceptors (Lipinski definition) is 5. The van der Waals surface area contributed by atoms with Crippen LogP contribution in [0.25, 0.3) is 0 Å². The Bertz CT molecular complexity index is 810. The molecule has 0 saturated heterocycles. The number of likely N-dealkylation sites (N-methyl/N-ethyl adjacent to an activating group) is 1. The number of anilines is 1. The van der Waals surface area contributed by atoms with Gasteiger partial charge in [-0.25, -0.2) is 0 Å². The predicted octanol–water partition coefficient (Wildman–Crippen LogP) is 1.76. The molecule has 0 fully saturated rings. The lowest BCUT2D eigenvalue weighted by molar-refractivity contribution is -0.119. The Labute approximate surface area is 158 Å². The van der Waals surface area contributed by atoms with Gasteiger partial charge in [-0.1, -0.05) is 24.3 Å². The molecule has 1 aliphatic heterocycles. The summed E-state index contributed by atoms with van der Waals surface area (Å²) in [5.74, 6) is 0.932. The van der Waals surface area contributed by atoms with Crippen molar-refractivity contribution < 1.29 is 19.1 Å². The highest BCUT2D eigenvalue weighted by atomic mass is 16.7. The van der Waals surface area contributed by atoms with Crippen LogP contribution in [0.2, 0.25) is 0 Å². The van der Waals surface area contributed by atoms with Crippen molar-refractivity contribution in [2.75, 3.05) is 31.8 Å². The Balaban J connectivity index is 1.64. The number of fused-ring (bicyclic) bond motifs is 1. The number of nitrogens with two attached hydrogens (primary N) is 1. The second-order valence-corrected chi connectivity index (χ2v) is 6.46. The molecule has 7 nitrogen and oxygen atoms in total. The highest BCUT2D eigenvalue weighted by molar-refractivity contribution is 5.95. The molecule has 3 rings (SSSR count). The largest absolute Gasteiger partial charge is 0.454 e. The van der Waals surface area contributed by atoms with Gasteiger partial charge < -0.3 is 20.1 Å². The number of hydrogen-bond donors (Lipinski definition) is 1. The van der Waals surface area contributed by atoms with Gasteiger partial charge in [0, 0.05) is 25.2 Å². The van der Waals surface area contributed by atoms with Crippen LogP contribution >= 0.6 is 0 Å². The first-order valence-electron chi connectivity index (χ1n) is 8.74. The second kappa shape index (κ2) is 8.55. The van der Waals surface area contributed by atoms with Crippen molar-refractivity contribution in [1.29, 1.82) is 0 Å². The molecule has 2 aromatic rings. The Morgan fingerprint density at radius 1 is 1.07 bits per heavy atom. The summed E-state index contributed by atoms with van der Waals surface area (Å²) < 4.78 is 10.7. The minimum atomic E-state index is -0.433. The van der Waals surface area contributed by atoms with Crippen molar-refractivity contribution in [2.24, 2.45) is 5.73 Å². The number of primary amides is 1. The van der Waals surface area contributed by atoms with E-state index in [0.717, 1.165) is 22.7 Å². The minimum Gasteiger partial charge on any atom is -0.454 e. The van der Waals surface area contributed by atoms with Crippen LogP contribution in [0, 0.1) is 0 Å². The zero-order valence-corrected chi connectivity index (χ0v) is 15.3. The third kappa shape index (κ3) is 4.98. The molecule has 1 heterocycles. The normalized spacial score (nSPS) is 12.2. The Kier molecular flexibility index (Phi) is 5.93. The molecule has 0 bridgehead atoms. The highest BCUT2D eigenvalue weighted by Gasteiger charge is 2.19. The summed E-state index contributed by atoms with van der Waals surface area (Å²) in [4.78, 5) is 27.5. The van der Waals surface area contributed by atoms with Gasteiger partial charge in [0.25, 0.3) is 0 Å². The average Bonchev–Trinajstić information content (AvgIpc) is 3.10. The van der Waals surface area contributed by atoms with Gasteiger partial charge >= 0.3 is 0 Å². The van der Waals surface area contributed by atoms with E-state index < -0.39 is 5.91 Å². The van der Waals surface area contributed by atoms with E-state index in [1.807, 2.05) is 60.5 Å². The van der Waals surface area contributed by atoms with Crippen molar-refractivity contribution in [3.63, 3.8) is 0 Å². The van der Waals surface area contributed by atoms with E-state index in [4.69, 9.17) is 15.2 Å². The van der Waals surface area contributed by atoms with Crippen LogP contribution in [0.4, 0.5) is 5.69 Å². The number of ether oxygens (including phenoxy) is 2. The topological polar surface area (TPSA) is 85.1 Å². The summed E-state index contributed by atoms with van der Waals surface area (Å²) in [5, 5.41) is 0. The van der Waals surface area contributed by atoms with Crippen LogP contribution in [0.15, 0.2) is 48.5 Å². The molecule has 0 radical (unpaired) electrons. The average molecular weight is 369 g/mol. The van der Waals surface area contributed by atoms with E-state index in [2.05, 4.69) is 0 Å². The summed E-state index contributed by atoms with van der Waals surface area (Å²) in [6, 6.07) is 15.0. The fraction of sp³-hybridized carbons (Fsp3) is 0.300. The summed E-state index contributed by atoms with van der Waals surface area (Å²) in [6.45, 7) is 1.29. The van der Waals surface area contributed by atoms with Crippen LogP contribution in [0.1, 0.15) is 12.0 Å². The fourth-order valence-corrected chi connectivity index (χ4v) is 2.95. The van der Waals surface area contributed by atoms with E-state index >= 15 is 0 Å². The third-order valence-electron chi connectivity index (χ3n) is 4.25. The molecule has 27 heavy (non-hydrogen) atoms. The van der Waals surface area contributed by atoms with Crippen LogP contribution in [0.5, 0.6) is 11.5 Å². The smallest absolute Gasteiger partial charge is 0.241 e. The van der Waals surface area contributed by atoms with Gasteiger partial charge in [-0.05, 0) is 36.9 Å². The SMILES string of the molecule is CN(CC(=O)N(CCC(N)=O)c1ccccc1)Cc1ccc2c(c1)OCO2. The maximum atomic E-state index is 12.8. The Hall–Kier alpha value is -3.06. The Morgan fingerprint density at radius 3 is 2.56 bits per heavy atom.